The van der Waals surface area contributed by atoms with Gasteiger partial charge in [0.2, 0.25) is 5.91 Å². The van der Waals surface area contributed by atoms with Gasteiger partial charge in [-0.3, -0.25) is 4.79 Å². The molecule has 3 N–H and O–H groups in total. The molecule has 38 heavy (non-hydrogen) atoms. The van der Waals surface area contributed by atoms with Crippen molar-refractivity contribution in [3.05, 3.63) is 71.8 Å². The molecule has 0 bridgehead atoms. The largest absolute Gasteiger partial charge is 0.479 e. The number of nitrogens with one attached hydrogen (secondary N) is 1. The highest BCUT2D eigenvalue weighted by Gasteiger charge is 2.69. The van der Waals surface area contributed by atoms with E-state index in [1.165, 1.54) is 0 Å². The van der Waals surface area contributed by atoms with Gasteiger partial charge in [0.25, 0.3) is 0 Å². The van der Waals surface area contributed by atoms with E-state index in [2.05, 4.69) is 5.32 Å². The highest BCUT2D eigenvalue weighted by Crippen LogP contribution is 2.48. The molecule has 1 saturated heterocycles. The molecule has 1 aliphatic heterocycles. The van der Waals surface area contributed by atoms with Crippen LogP contribution in [0, 0.1) is 5.92 Å². The van der Waals surface area contributed by atoms with Gasteiger partial charge in [0, 0.05) is 5.92 Å². The molecule has 3 atom stereocenters. The first kappa shape index (κ1) is 28.7. The number of ether oxygens (including phenoxy) is 1. The van der Waals surface area contributed by atoms with E-state index in [4.69, 9.17) is 4.74 Å². The third-order valence-electron chi connectivity index (χ3n) is 7.26. The predicted octanol–water partition coefficient (Wildman–Crippen LogP) is 4.27. The Hall–Kier alpha value is -3.88. The number of hydrogen-bond acceptors (Lipinski definition) is 5. The number of carbonyl (C=O) groups is 4. The van der Waals surface area contributed by atoms with Crippen molar-refractivity contribution >= 4 is 23.9 Å². The minimum Gasteiger partial charge on any atom is -0.479 e. The zero-order chi connectivity index (χ0) is 28.3. The van der Waals surface area contributed by atoms with Gasteiger partial charge in [-0.05, 0) is 44.7 Å². The van der Waals surface area contributed by atoms with Crippen LogP contribution >= 0.6 is 0 Å². The number of rotatable bonds is 8. The second-order valence-electron chi connectivity index (χ2n) is 10.6. The van der Waals surface area contributed by atoms with Crippen LogP contribution in [0.4, 0.5) is 4.79 Å². The molecule has 0 spiro atoms. The second-order valence-corrected chi connectivity index (χ2v) is 10.6. The van der Waals surface area contributed by atoms with Gasteiger partial charge in [-0.2, -0.15) is 0 Å². The Morgan fingerprint density at radius 3 is 1.82 bits per heavy atom. The number of alkyl carbamates (subject to hydrolysis) is 1. The smallest absolute Gasteiger partial charge is 0.408 e. The van der Waals surface area contributed by atoms with Crippen molar-refractivity contribution in [1.82, 2.24) is 10.2 Å². The summed E-state index contributed by atoms with van der Waals surface area (Å²) in [5.74, 6) is -5.33. The number of likely N-dealkylation sites (tertiary alicyclic amines) is 1. The quantitative estimate of drug-likeness (QED) is 0.470. The Morgan fingerprint density at radius 1 is 0.947 bits per heavy atom. The average Bonchev–Trinajstić information content (AvgIpc) is 3.15. The number of benzene rings is 2. The molecule has 1 aliphatic rings. The van der Waals surface area contributed by atoms with Crippen LogP contribution < -0.4 is 5.32 Å². The fourth-order valence-corrected chi connectivity index (χ4v) is 5.72. The van der Waals surface area contributed by atoms with Crippen LogP contribution in [-0.2, 0) is 19.1 Å². The topological polar surface area (TPSA) is 133 Å². The molecule has 3 rings (SSSR count). The number of carbonyl (C=O) groups excluding carboxylic acids is 2. The molecule has 0 aliphatic carbocycles. The van der Waals surface area contributed by atoms with Gasteiger partial charge >= 0.3 is 18.0 Å². The van der Waals surface area contributed by atoms with Crippen LogP contribution in [0.25, 0.3) is 0 Å². The van der Waals surface area contributed by atoms with E-state index < -0.39 is 59.0 Å². The van der Waals surface area contributed by atoms with Crippen molar-refractivity contribution in [2.75, 3.05) is 6.54 Å². The average molecular weight is 525 g/mol. The molecule has 0 radical (unpaired) electrons. The SMILES string of the molecule is CCC1[C@](CC)(C(=O)O)N(C(=O)C(c2ccccc2)c2ccccc2)C[C@@]1(NC(=O)OC(C)(C)C)C(=O)O. The molecule has 0 saturated carbocycles. The predicted molar refractivity (Wildman–Crippen MR) is 141 cm³/mol. The van der Waals surface area contributed by atoms with E-state index >= 15 is 0 Å². The van der Waals surface area contributed by atoms with Crippen LogP contribution in [0.2, 0.25) is 0 Å². The van der Waals surface area contributed by atoms with E-state index in [0.29, 0.717) is 11.1 Å². The van der Waals surface area contributed by atoms with Gasteiger partial charge < -0.3 is 25.2 Å². The number of carboxylic acids is 2. The maximum atomic E-state index is 14.4. The Bertz CT molecular complexity index is 1140. The number of amides is 2. The first-order chi connectivity index (χ1) is 17.8. The Balaban J connectivity index is 2.21. The summed E-state index contributed by atoms with van der Waals surface area (Å²) in [5.41, 5.74) is -3.61. The normalized spacial score (nSPS) is 23.2. The summed E-state index contributed by atoms with van der Waals surface area (Å²) in [6.45, 7) is 7.66. The second kappa shape index (κ2) is 10.8. The molecule has 1 fully saturated rings. The minimum absolute atomic E-state index is 0.0616. The zero-order valence-corrected chi connectivity index (χ0v) is 22.4. The van der Waals surface area contributed by atoms with E-state index in [0.717, 1.165) is 4.90 Å². The highest BCUT2D eigenvalue weighted by atomic mass is 16.6. The summed E-state index contributed by atoms with van der Waals surface area (Å²) in [5, 5.41) is 23.6. The van der Waals surface area contributed by atoms with Crippen LogP contribution in [0.1, 0.15) is 64.5 Å². The highest BCUT2D eigenvalue weighted by molar-refractivity contribution is 5.97. The summed E-state index contributed by atoms with van der Waals surface area (Å²) in [7, 11) is 0. The lowest BCUT2D eigenvalue weighted by atomic mass is 9.72. The van der Waals surface area contributed by atoms with Crippen LogP contribution in [-0.4, -0.2) is 62.3 Å². The molecule has 0 aromatic heterocycles. The molecule has 9 heteroatoms. The lowest BCUT2D eigenvalue weighted by Crippen LogP contribution is -2.63. The summed E-state index contributed by atoms with van der Waals surface area (Å²) in [6.07, 6.45) is -0.980. The number of hydrogen-bond donors (Lipinski definition) is 3. The first-order valence-electron chi connectivity index (χ1n) is 12.7. The standard InChI is InChI=1S/C29H36N2O7/c1-6-21-28(24(33)34,30-26(37)38-27(3,4)5)18-31(29(21,7-2)25(35)36)23(32)22(19-14-10-8-11-15-19)20-16-12-9-13-17-20/h8-17,21-22H,6-7,18H2,1-5H3,(H,30,37)(H,33,34)(H,35,36)/t21?,28-,29+/m0/s1. The van der Waals surface area contributed by atoms with Gasteiger partial charge in [-0.15, -0.1) is 0 Å². The number of aliphatic carboxylic acids is 2. The summed E-state index contributed by atoms with van der Waals surface area (Å²) < 4.78 is 5.35. The lowest BCUT2D eigenvalue weighted by Gasteiger charge is -2.40. The molecule has 1 unspecified atom stereocenters. The molecule has 2 aromatic rings. The Labute approximate surface area is 222 Å². The van der Waals surface area contributed by atoms with Crippen LogP contribution in [0.5, 0.6) is 0 Å². The fourth-order valence-electron chi connectivity index (χ4n) is 5.72. The minimum atomic E-state index is -2.08. The molecular formula is C29H36N2O7. The van der Waals surface area contributed by atoms with Crippen molar-refractivity contribution in [3.8, 4) is 0 Å². The molecule has 204 valence electrons. The zero-order valence-electron chi connectivity index (χ0n) is 22.4. The maximum absolute atomic E-state index is 14.4. The first-order valence-corrected chi connectivity index (χ1v) is 12.7. The van der Waals surface area contributed by atoms with Crippen molar-refractivity contribution in [2.45, 2.75) is 70.1 Å². The van der Waals surface area contributed by atoms with Gasteiger partial charge in [0.05, 0.1) is 12.5 Å². The number of nitrogens with zero attached hydrogens (tertiary/aromatic N) is 1. The summed E-state index contributed by atoms with van der Waals surface area (Å²) >= 11 is 0. The number of carboxylic acid groups (broad SMARTS) is 2. The summed E-state index contributed by atoms with van der Waals surface area (Å²) in [4.78, 5) is 54.4. The third-order valence-corrected chi connectivity index (χ3v) is 7.26. The monoisotopic (exact) mass is 524 g/mol. The maximum Gasteiger partial charge on any atom is 0.408 e. The van der Waals surface area contributed by atoms with E-state index in [-0.39, 0.29) is 12.8 Å². The van der Waals surface area contributed by atoms with Crippen LogP contribution in [0.15, 0.2) is 60.7 Å². The Morgan fingerprint density at radius 2 is 1.45 bits per heavy atom. The van der Waals surface area contributed by atoms with Crippen LogP contribution in [0.3, 0.4) is 0 Å². The Kier molecular flexibility index (Phi) is 8.19. The van der Waals surface area contributed by atoms with E-state index in [1.54, 1.807) is 83.1 Å². The fraction of sp³-hybridized carbons (Fsp3) is 0.448. The van der Waals surface area contributed by atoms with E-state index in [1.807, 2.05) is 12.1 Å². The van der Waals surface area contributed by atoms with Gasteiger partial charge in [0.1, 0.15) is 11.1 Å². The molecule has 2 aromatic carbocycles. The van der Waals surface area contributed by atoms with Crippen molar-refractivity contribution < 1.29 is 34.1 Å². The van der Waals surface area contributed by atoms with Crippen molar-refractivity contribution in [3.63, 3.8) is 0 Å². The summed E-state index contributed by atoms with van der Waals surface area (Å²) in [6, 6.07) is 17.9. The molecular weight excluding hydrogens is 488 g/mol. The van der Waals surface area contributed by atoms with Crippen molar-refractivity contribution in [1.29, 1.82) is 0 Å². The van der Waals surface area contributed by atoms with E-state index in [9.17, 15) is 29.4 Å². The van der Waals surface area contributed by atoms with Crippen molar-refractivity contribution in [2.24, 2.45) is 5.92 Å². The molecule has 1 heterocycles. The molecule has 2 amide bonds. The lowest BCUT2D eigenvalue weighted by molar-refractivity contribution is -0.160. The third kappa shape index (κ3) is 5.10. The van der Waals surface area contributed by atoms with Gasteiger partial charge in [-0.1, -0.05) is 74.5 Å². The molecule has 9 nitrogen and oxygen atoms in total. The van der Waals surface area contributed by atoms with Gasteiger partial charge in [-0.25, -0.2) is 14.4 Å². The van der Waals surface area contributed by atoms with Gasteiger partial charge in [0.15, 0.2) is 5.54 Å².